The van der Waals surface area contributed by atoms with E-state index in [0.717, 1.165) is 17.8 Å². The Hall–Kier alpha value is -0.0400. The minimum absolute atomic E-state index is 0.295. The van der Waals surface area contributed by atoms with Crippen LogP contribution >= 0.6 is 0 Å². The van der Waals surface area contributed by atoms with Gasteiger partial charge in [-0.2, -0.15) is 0 Å². The van der Waals surface area contributed by atoms with Crippen LogP contribution in [0.15, 0.2) is 0 Å². The standard InChI is InChI=1S/C16H31N/c1-16(2,3)17-12-14-10-11-15(14)13-8-6-4-5-7-9-13/h13-15,17H,4-12H2,1-3H3. The Morgan fingerprint density at radius 2 is 1.53 bits per heavy atom. The zero-order valence-corrected chi connectivity index (χ0v) is 12.1. The summed E-state index contributed by atoms with van der Waals surface area (Å²) in [4.78, 5) is 0. The van der Waals surface area contributed by atoms with E-state index in [9.17, 15) is 0 Å². The van der Waals surface area contributed by atoms with E-state index in [0.29, 0.717) is 5.54 Å². The van der Waals surface area contributed by atoms with Crippen LogP contribution in [0.2, 0.25) is 0 Å². The number of hydrogen-bond acceptors (Lipinski definition) is 1. The van der Waals surface area contributed by atoms with Crippen LogP contribution in [-0.2, 0) is 0 Å². The molecule has 17 heavy (non-hydrogen) atoms. The Bertz CT molecular complexity index is 220. The number of hydrogen-bond donors (Lipinski definition) is 1. The fraction of sp³-hybridized carbons (Fsp3) is 1.00. The van der Waals surface area contributed by atoms with Gasteiger partial charge in [0.1, 0.15) is 0 Å². The zero-order chi connectivity index (χ0) is 12.3. The Labute approximate surface area is 108 Å². The maximum Gasteiger partial charge on any atom is 0.00966 e. The monoisotopic (exact) mass is 237 g/mol. The molecule has 100 valence electrons. The van der Waals surface area contributed by atoms with Crippen LogP contribution < -0.4 is 5.32 Å². The molecule has 0 heterocycles. The lowest BCUT2D eigenvalue weighted by Gasteiger charge is -2.43. The van der Waals surface area contributed by atoms with E-state index in [2.05, 4.69) is 26.1 Å². The van der Waals surface area contributed by atoms with Crippen LogP contribution in [0, 0.1) is 17.8 Å². The second kappa shape index (κ2) is 5.73. The molecule has 0 radical (unpaired) electrons. The Balaban J connectivity index is 1.77. The molecule has 1 heteroatoms. The normalized spacial score (nSPS) is 31.9. The van der Waals surface area contributed by atoms with E-state index in [-0.39, 0.29) is 0 Å². The number of nitrogens with one attached hydrogen (secondary N) is 1. The van der Waals surface area contributed by atoms with Crippen molar-refractivity contribution in [2.24, 2.45) is 17.8 Å². The van der Waals surface area contributed by atoms with Crippen molar-refractivity contribution < 1.29 is 0 Å². The quantitative estimate of drug-likeness (QED) is 0.719. The van der Waals surface area contributed by atoms with Crippen LogP contribution in [0.4, 0.5) is 0 Å². The minimum atomic E-state index is 0.295. The van der Waals surface area contributed by atoms with E-state index in [1.54, 1.807) is 0 Å². The topological polar surface area (TPSA) is 12.0 Å². The lowest BCUT2D eigenvalue weighted by molar-refractivity contribution is 0.0867. The first-order valence-electron chi connectivity index (χ1n) is 7.81. The molecule has 2 rings (SSSR count). The van der Waals surface area contributed by atoms with Crippen LogP contribution in [0.5, 0.6) is 0 Å². The number of rotatable bonds is 3. The summed E-state index contributed by atoms with van der Waals surface area (Å²) in [5.41, 5.74) is 0.295. The summed E-state index contributed by atoms with van der Waals surface area (Å²) in [5.74, 6) is 3.11. The van der Waals surface area contributed by atoms with E-state index in [1.165, 1.54) is 57.9 Å². The van der Waals surface area contributed by atoms with Gasteiger partial charge >= 0.3 is 0 Å². The van der Waals surface area contributed by atoms with Crippen LogP contribution in [0.3, 0.4) is 0 Å². The molecule has 2 fully saturated rings. The van der Waals surface area contributed by atoms with Gasteiger partial charge in [-0.3, -0.25) is 0 Å². The molecule has 0 spiro atoms. The first-order chi connectivity index (χ1) is 8.06. The molecule has 0 saturated heterocycles. The van der Waals surface area contributed by atoms with Gasteiger partial charge in [-0.15, -0.1) is 0 Å². The third-order valence-electron chi connectivity index (χ3n) is 4.88. The molecule has 2 atom stereocenters. The van der Waals surface area contributed by atoms with Crippen molar-refractivity contribution in [3.05, 3.63) is 0 Å². The van der Waals surface area contributed by atoms with Gasteiger partial charge in [0.25, 0.3) is 0 Å². The summed E-state index contributed by atoms with van der Waals surface area (Å²) in [6.07, 6.45) is 12.0. The summed E-state index contributed by atoms with van der Waals surface area (Å²) in [5, 5.41) is 3.71. The summed E-state index contributed by atoms with van der Waals surface area (Å²) >= 11 is 0. The van der Waals surface area contributed by atoms with Gasteiger partial charge in [-0.25, -0.2) is 0 Å². The van der Waals surface area contributed by atoms with Gasteiger partial charge in [-0.05, 0) is 57.9 Å². The Kier molecular flexibility index (Phi) is 4.52. The summed E-state index contributed by atoms with van der Waals surface area (Å²) in [6, 6.07) is 0. The highest BCUT2D eigenvalue weighted by molar-refractivity contribution is 4.89. The SMILES string of the molecule is CC(C)(C)NCC1CCC1C1CCCCCC1. The maximum atomic E-state index is 3.71. The lowest BCUT2D eigenvalue weighted by atomic mass is 9.65. The molecule has 0 bridgehead atoms. The molecule has 1 N–H and O–H groups in total. The molecule has 2 aliphatic carbocycles. The van der Waals surface area contributed by atoms with Crippen molar-refractivity contribution in [3.63, 3.8) is 0 Å². The minimum Gasteiger partial charge on any atom is -0.312 e. The van der Waals surface area contributed by atoms with Crippen molar-refractivity contribution >= 4 is 0 Å². The molecule has 2 unspecified atom stereocenters. The van der Waals surface area contributed by atoms with Gasteiger partial charge in [-0.1, -0.05) is 38.5 Å². The molecule has 0 aliphatic heterocycles. The van der Waals surface area contributed by atoms with Gasteiger partial charge in [0.2, 0.25) is 0 Å². The molecular formula is C16H31N. The van der Waals surface area contributed by atoms with Crippen LogP contribution in [-0.4, -0.2) is 12.1 Å². The fourth-order valence-electron chi connectivity index (χ4n) is 3.65. The van der Waals surface area contributed by atoms with Crippen molar-refractivity contribution in [1.29, 1.82) is 0 Å². The first kappa shape index (κ1) is 13.4. The van der Waals surface area contributed by atoms with Gasteiger partial charge < -0.3 is 5.32 Å². The molecular weight excluding hydrogens is 206 g/mol. The van der Waals surface area contributed by atoms with Crippen molar-refractivity contribution in [3.8, 4) is 0 Å². The van der Waals surface area contributed by atoms with E-state index in [1.807, 2.05) is 0 Å². The summed E-state index contributed by atoms with van der Waals surface area (Å²) < 4.78 is 0. The molecule has 0 amide bonds. The smallest absolute Gasteiger partial charge is 0.00966 e. The first-order valence-corrected chi connectivity index (χ1v) is 7.81. The predicted molar refractivity (Wildman–Crippen MR) is 75.2 cm³/mol. The zero-order valence-electron chi connectivity index (χ0n) is 12.1. The molecule has 2 aliphatic rings. The Morgan fingerprint density at radius 1 is 0.882 bits per heavy atom. The average Bonchev–Trinajstić information content (AvgIpc) is 2.43. The second-order valence-corrected chi connectivity index (χ2v) is 7.38. The second-order valence-electron chi connectivity index (χ2n) is 7.38. The average molecular weight is 237 g/mol. The van der Waals surface area contributed by atoms with Gasteiger partial charge in [0, 0.05) is 5.54 Å². The summed E-state index contributed by atoms with van der Waals surface area (Å²) in [6.45, 7) is 8.11. The van der Waals surface area contributed by atoms with Gasteiger partial charge in [0.05, 0.1) is 0 Å². The highest BCUT2D eigenvalue weighted by Gasteiger charge is 2.36. The van der Waals surface area contributed by atoms with Crippen molar-refractivity contribution in [2.75, 3.05) is 6.54 Å². The lowest BCUT2D eigenvalue weighted by Crippen LogP contribution is -2.45. The molecule has 2 saturated carbocycles. The largest absolute Gasteiger partial charge is 0.312 e. The Morgan fingerprint density at radius 3 is 2.00 bits per heavy atom. The molecule has 0 aromatic heterocycles. The molecule has 1 nitrogen and oxygen atoms in total. The molecule has 0 aromatic carbocycles. The van der Waals surface area contributed by atoms with E-state index >= 15 is 0 Å². The van der Waals surface area contributed by atoms with E-state index in [4.69, 9.17) is 0 Å². The fourth-order valence-corrected chi connectivity index (χ4v) is 3.65. The highest BCUT2D eigenvalue weighted by Crippen LogP contribution is 2.44. The maximum absolute atomic E-state index is 3.71. The van der Waals surface area contributed by atoms with Crippen molar-refractivity contribution in [2.45, 2.75) is 77.7 Å². The predicted octanol–water partition coefficient (Wildman–Crippen LogP) is 4.37. The van der Waals surface area contributed by atoms with Gasteiger partial charge in [0.15, 0.2) is 0 Å². The highest BCUT2D eigenvalue weighted by atomic mass is 14.9. The molecule has 0 aromatic rings. The third kappa shape index (κ3) is 3.98. The van der Waals surface area contributed by atoms with Crippen molar-refractivity contribution in [1.82, 2.24) is 5.32 Å². The van der Waals surface area contributed by atoms with Crippen LogP contribution in [0.25, 0.3) is 0 Å². The van der Waals surface area contributed by atoms with Crippen LogP contribution in [0.1, 0.15) is 72.1 Å². The summed E-state index contributed by atoms with van der Waals surface area (Å²) in [7, 11) is 0. The third-order valence-corrected chi connectivity index (χ3v) is 4.88. The van der Waals surface area contributed by atoms with E-state index < -0.39 is 0 Å².